The average molecular weight is 449 g/mol. The second-order valence-corrected chi connectivity index (χ2v) is 8.11. The maximum atomic E-state index is 11.9. The maximum absolute atomic E-state index is 11.9. The number of nitrogens with zero attached hydrogens (tertiary/aromatic N) is 1. The molecule has 0 heterocycles. The van der Waals surface area contributed by atoms with Gasteiger partial charge in [0.2, 0.25) is 5.91 Å². The minimum absolute atomic E-state index is 0.0649. The molecule has 1 N–H and O–H groups in total. The number of nitrogens with one attached hydrogen (secondary N) is 1. The Balaban J connectivity index is 1.60. The first-order valence-corrected chi connectivity index (χ1v) is 12.0. The summed E-state index contributed by atoms with van der Waals surface area (Å²) in [5.74, 6) is -0.0572. The van der Waals surface area contributed by atoms with Crippen LogP contribution in [-0.2, 0) is 9.59 Å². The van der Waals surface area contributed by atoms with Crippen LogP contribution in [-0.4, -0.2) is 18.1 Å². The Labute approximate surface area is 197 Å². The number of hydrogen-bond donors (Lipinski definition) is 1. The summed E-state index contributed by atoms with van der Waals surface area (Å²) in [6, 6.07) is 16.5. The lowest BCUT2D eigenvalue weighted by Gasteiger charge is -2.03. The number of esters is 1. The largest absolute Gasteiger partial charge is 0.423 e. The highest BCUT2D eigenvalue weighted by atomic mass is 16.5. The van der Waals surface area contributed by atoms with Crippen LogP contribution in [0, 0.1) is 0 Å². The van der Waals surface area contributed by atoms with E-state index in [-0.39, 0.29) is 5.91 Å². The number of benzene rings is 2. The summed E-state index contributed by atoms with van der Waals surface area (Å²) in [5, 5.41) is 4.01. The van der Waals surface area contributed by atoms with Crippen molar-refractivity contribution in [2.45, 2.75) is 71.1 Å². The molecule has 0 aliphatic heterocycles. The first kappa shape index (κ1) is 26.0. The molecule has 5 heteroatoms. The van der Waals surface area contributed by atoms with Crippen molar-refractivity contribution < 1.29 is 14.3 Å². The van der Waals surface area contributed by atoms with Gasteiger partial charge in [0.1, 0.15) is 5.75 Å². The Bertz CT molecular complexity index is 874. The van der Waals surface area contributed by atoms with Crippen molar-refractivity contribution in [2.24, 2.45) is 5.10 Å². The van der Waals surface area contributed by atoms with Gasteiger partial charge in [0.15, 0.2) is 0 Å². The second-order valence-electron chi connectivity index (χ2n) is 8.11. The predicted molar refractivity (Wildman–Crippen MR) is 135 cm³/mol. The average Bonchev–Trinajstić information content (AvgIpc) is 2.83. The topological polar surface area (TPSA) is 67.8 Å². The lowest BCUT2D eigenvalue weighted by molar-refractivity contribution is -0.129. The van der Waals surface area contributed by atoms with Crippen molar-refractivity contribution >= 4 is 24.2 Å². The molecule has 0 saturated heterocycles. The summed E-state index contributed by atoms with van der Waals surface area (Å²) < 4.78 is 5.29. The first-order valence-electron chi connectivity index (χ1n) is 12.0. The molecule has 0 bridgehead atoms. The third-order valence-corrected chi connectivity index (χ3v) is 5.22. The van der Waals surface area contributed by atoms with Crippen LogP contribution in [0.4, 0.5) is 0 Å². The van der Waals surface area contributed by atoms with Gasteiger partial charge in [-0.1, -0.05) is 88.6 Å². The van der Waals surface area contributed by atoms with E-state index in [2.05, 4.69) is 17.5 Å². The summed E-state index contributed by atoms with van der Waals surface area (Å²) in [6.45, 7) is 2.23. The van der Waals surface area contributed by atoms with E-state index in [4.69, 9.17) is 4.74 Å². The van der Waals surface area contributed by atoms with Gasteiger partial charge in [0, 0.05) is 12.5 Å². The van der Waals surface area contributed by atoms with Crippen molar-refractivity contribution in [3.05, 3.63) is 71.8 Å². The van der Waals surface area contributed by atoms with Crippen molar-refractivity contribution in [2.75, 3.05) is 0 Å². The van der Waals surface area contributed by atoms with E-state index in [0.717, 1.165) is 24.0 Å². The van der Waals surface area contributed by atoms with Gasteiger partial charge in [0.05, 0.1) is 6.21 Å². The van der Waals surface area contributed by atoms with Crippen molar-refractivity contribution in [1.29, 1.82) is 0 Å². The van der Waals surface area contributed by atoms with E-state index in [0.29, 0.717) is 12.2 Å². The van der Waals surface area contributed by atoms with E-state index in [1.54, 1.807) is 36.6 Å². The van der Waals surface area contributed by atoms with E-state index in [1.807, 2.05) is 30.3 Å². The summed E-state index contributed by atoms with van der Waals surface area (Å²) in [5.41, 5.74) is 4.31. The van der Waals surface area contributed by atoms with E-state index in [9.17, 15) is 9.59 Å². The van der Waals surface area contributed by atoms with Crippen molar-refractivity contribution in [1.82, 2.24) is 5.43 Å². The third-order valence-electron chi connectivity index (χ3n) is 5.22. The SMILES string of the molecule is CCCCCCCCCCCC(=O)N/N=C/c1ccc(OC(=O)/C=C/c2ccccc2)cc1. The molecule has 1 amide bonds. The van der Waals surface area contributed by atoms with Crippen LogP contribution in [0.5, 0.6) is 5.75 Å². The fourth-order valence-corrected chi connectivity index (χ4v) is 3.33. The van der Waals surface area contributed by atoms with Gasteiger partial charge in [-0.2, -0.15) is 5.10 Å². The molecule has 0 aromatic heterocycles. The molecule has 0 aliphatic rings. The van der Waals surface area contributed by atoms with Crippen LogP contribution < -0.4 is 10.2 Å². The Morgan fingerprint density at radius 2 is 1.45 bits per heavy atom. The van der Waals surface area contributed by atoms with E-state index >= 15 is 0 Å². The normalized spacial score (nSPS) is 11.2. The van der Waals surface area contributed by atoms with E-state index in [1.165, 1.54) is 51.0 Å². The van der Waals surface area contributed by atoms with Crippen molar-refractivity contribution in [3.8, 4) is 5.75 Å². The first-order chi connectivity index (χ1) is 16.2. The minimum atomic E-state index is -0.441. The van der Waals surface area contributed by atoms with E-state index < -0.39 is 5.97 Å². The van der Waals surface area contributed by atoms with Crippen LogP contribution in [0.1, 0.15) is 82.3 Å². The summed E-state index contributed by atoms with van der Waals surface area (Å²) >= 11 is 0. The second kappa shape index (κ2) is 16.4. The number of ether oxygens (including phenoxy) is 1. The lowest BCUT2D eigenvalue weighted by Crippen LogP contribution is -2.16. The van der Waals surface area contributed by atoms with Crippen LogP contribution in [0.15, 0.2) is 65.8 Å². The van der Waals surface area contributed by atoms with Gasteiger partial charge in [-0.15, -0.1) is 0 Å². The monoisotopic (exact) mass is 448 g/mol. The molecule has 0 atom stereocenters. The molecule has 0 saturated carbocycles. The van der Waals surface area contributed by atoms with Gasteiger partial charge in [0.25, 0.3) is 0 Å². The molecule has 176 valence electrons. The number of carbonyl (C=O) groups excluding carboxylic acids is 2. The highest BCUT2D eigenvalue weighted by Gasteiger charge is 2.02. The number of unbranched alkanes of at least 4 members (excludes halogenated alkanes) is 8. The fraction of sp³-hybridized carbons (Fsp3) is 0.393. The molecule has 2 rings (SSSR count). The zero-order valence-electron chi connectivity index (χ0n) is 19.7. The smallest absolute Gasteiger partial charge is 0.336 e. The molecular formula is C28H36N2O3. The summed E-state index contributed by atoms with van der Waals surface area (Å²) in [4.78, 5) is 23.8. The molecule has 0 unspecified atom stereocenters. The molecule has 33 heavy (non-hydrogen) atoms. The molecule has 5 nitrogen and oxygen atoms in total. The van der Waals surface area contributed by atoms with Crippen LogP contribution in [0.2, 0.25) is 0 Å². The molecule has 2 aromatic carbocycles. The standard InChI is InChI=1S/C28H36N2O3/c1-2-3-4-5-6-7-8-9-13-16-27(31)30-29-23-25-17-20-26(21-18-25)33-28(32)22-19-24-14-11-10-12-15-24/h10-12,14-15,17-23H,2-9,13,16H2,1H3,(H,30,31)/b22-19+,29-23+. The zero-order valence-corrected chi connectivity index (χ0v) is 19.7. The number of hydrogen-bond acceptors (Lipinski definition) is 4. The highest BCUT2D eigenvalue weighted by molar-refractivity contribution is 5.89. The number of rotatable bonds is 15. The van der Waals surface area contributed by atoms with Gasteiger partial charge in [-0.25, -0.2) is 10.2 Å². The predicted octanol–water partition coefficient (Wildman–Crippen LogP) is 6.68. The fourth-order valence-electron chi connectivity index (χ4n) is 3.33. The molecule has 0 spiro atoms. The Hall–Kier alpha value is -3.21. The van der Waals surface area contributed by atoms with Crippen molar-refractivity contribution in [3.63, 3.8) is 0 Å². The number of amides is 1. The van der Waals surface area contributed by atoms with Gasteiger partial charge in [-0.05, 0) is 47.9 Å². The Morgan fingerprint density at radius 3 is 2.12 bits per heavy atom. The van der Waals surface area contributed by atoms with Gasteiger partial charge >= 0.3 is 5.97 Å². The van der Waals surface area contributed by atoms with Crippen LogP contribution in [0.3, 0.4) is 0 Å². The van der Waals surface area contributed by atoms with Crippen LogP contribution in [0.25, 0.3) is 6.08 Å². The molecule has 2 aromatic rings. The molecular weight excluding hydrogens is 412 g/mol. The molecule has 0 radical (unpaired) electrons. The Kier molecular flexibility index (Phi) is 13.0. The maximum Gasteiger partial charge on any atom is 0.336 e. The molecule has 0 fully saturated rings. The third kappa shape index (κ3) is 12.4. The lowest BCUT2D eigenvalue weighted by atomic mass is 10.1. The summed E-state index contributed by atoms with van der Waals surface area (Å²) in [7, 11) is 0. The van der Waals surface area contributed by atoms with Gasteiger partial charge in [-0.3, -0.25) is 4.79 Å². The van der Waals surface area contributed by atoms with Crippen LogP contribution >= 0.6 is 0 Å². The number of hydrazone groups is 1. The minimum Gasteiger partial charge on any atom is -0.423 e. The molecule has 0 aliphatic carbocycles. The highest BCUT2D eigenvalue weighted by Crippen LogP contribution is 2.12. The quantitative estimate of drug-likeness (QED) is 0.0825. The number of carbonyl (C=O) groups is 2. The zero-order chi connectivity index (χ0) is 23.6. The Morgan fingerprint density at radius 1 is 0.818 bits per heavy atom. The summed E-state index contributed by atoms with van der Waals surface area (Å²) in [6.07, 6.45) is 16.2. The van der Waals surface area contributed by atoms with Gasteiger partial charge < -0.3 is 4.74 Å².